The lowest BCUT2D eigenvalue weighted by molar-refractivity contribution is 0.187. The molecule has 76 valence electrons. The van der Waals surface area contributed by atoms with E-state index in [2.05, 4.69) is 52.2 Å². The van der Waals surface area contributed by atoms with E-state index in [1.165, 1.54) is 15.7 Å². The summed E-state index contributed by atoms with van der Waals surface area (Å²) in [5, 5.41) is 3.47. The van der Waals surface area contributed by atoms with Crippen LogP contribution in [0.5, 0.6) is 0 Å². The van der Waals surface area contributed by atoms with Gasteiger partial charge in [-0.3, -0.25) is 0 Å². The van der Waals surface area contributed by atoms with Gasteiger partial charge in [-0.1, -0.05) is 12.1 Å². The van der Waals surface area contributed by atoms with Gasteiger partial charge < -0.3 is 10.1 Å². The lowest BCUT2D eigenvalue weighted by Crippen LogP contribution is -2.14. The molecular weight excluding hydrogens is 289 g/mol. The maximum atomic E-state index is 5.33. The molecule has 1 atom stereocenters. The summed E-state index contributed by atoms with van der Waals surface area (Å²) in [6, 6.07) is 8.37. The maximum Gasteiger partial charge on any atom is 0.0511 e. The summed E-state index contributed by atoms with van der Waals surface area (Å²) in [5.74, 6) is 0.686. The van der Waals surface area contributed by atoms with E-state index in [9.17, 15) is 0 Å². The monoisotopic (exact) mass is 303 g/mol. The molecule has 0 spiro atoms. The minimum Gasteiger partial charge on any atom is -0.384 e. The Labute approximate surface area is 98.2 Å². The van der Waals surface area contributed by atoms with Crippen molar-refractivity contribution < 1.29 is 4.74 Å². The molecule has 0 aliphatic carbocycles. The molecule has 0 bridgehead atoms. The van der Waals surface area contributed by atoms with Gasteiger partial charge in [0.15, 0.2) is 0 Å². The number of anilines is 1. The van der Waals surface area contributed by atoms with Crippen molar-refractivity contribution in [3.63, 3.8) is 0 Å². The van der Waals surface area contributed by atoms with E-state index in [1.54, 1.807) is 0 Å². The smallest absolute Gasteiger partial charge is 0.0511 e. The molecule has 0 aromatic heterocycles. The second-order valence-corrected chi connectivity index (χ2v) is 4.75. The fraction of sp³-hybridized carbons (Fsp3) is 0.455. The number of hydrogen-bond acceptors (Lipinski definition) is 2. The highest BCUT2D eigenvalue weighted by atomic mass is 127. The van der Waals surface area contributed by atoms with Crippen LogP contribution in [0.25, 0.3) is 0 Å². The van der Waals surface area contributed by atoms with Crippen LogP contribution < -0.4 is 5.32 Å². The van der Waals surface area contributed by atoms with Crippen LogP contribution in [0.1, 0.15) is 6.42 Å². The van der Waals surface area contributed by atoms with Gasteiger partial charge in [-0.2, -0.15) is 0 Å². The van der Waals surface area contributed by atoms with Crippen LogP contribution in [0.2, 0.25) is 0 Å². The van der Waals surface area contributed by atoms with E-state index in [-0.39, 0.29) is 0 Å². The van der Waals surface area contributed by atoms with E-state index in [4.69, 9.17) is 4.74 Å². The lowest BCUT2D eigenvalue weighted by atomic mass is 10.1. The zero-order valence-electron chi connectivity index (χ0n) is 8.00. The van der Waals surface area contributed by atoms with E-state index in [0.29, 0.717) is 5.92 Å². The summed E-state index contributed by atoms with van der Waals surface area (Å²) in [7, 11) is 0. The van der Waals surface area contributed by atoms with Crippen LogP contribution in [0.15, 0.2) is 24.3 Å². The van der Waals surface area contributed by atoms with Crippen molar-refractivity contribution in [3.05, 3.63) is 27.8 Å². The third-order valence-electron chi connectivity index (χ3n) is 2.48. The highest BCUT2D eigenvalue weighted by Gasteiger charge is 2.15. The predicted molar refractivity (Wildman–Crippen MR) is 66.6 cm³/mol. The van der Waals surface area contributed by atoms with Crippen LogP contribution in [-0.4, -0.2) is 19.8 Å². The zero-order chi connectivity index (χ0) is 9.80. The standard InChI is InChI=1S/C11H14INO/c12-10-3-1-2-4-11(10)13-7-9-5-6-14-8-9/h1-4,9,13H,5-8H2. The Morgan fingerprint density at radius 3 is 3.00 bits per heavy atom. The molecule has 2 rings (SSSR count). The Balaban J connectivity index is 1.88. The number of nitrogens with one attached hydrogen (secondary N) is 1. The minimum atomic E-state index is 0.686. The molecule has 1 aliphatic heterocycles. The highest BCUT2D eigenvalue weighted by Crippen LogP contribution is 2.19. The summed E-state index contributed by atoms with van der Waals surface area (Å²) < 4.78 is 6.62. The van der Waals surface area contributed by atoms with Gasteiger partial charge in [-0.05, 0) is 41.1 Å². The quantitative estimate of drug-likeness (QED) is 0.867. The topological polar surface area (TPSA) is 21.3 Å². The van der Waals surface area contributed by atoms with Gasteiger partial charge >= 0.3 is 0 Å². The molecule has 1 aromatic rings. The van der Waals surface area contributed by atoms with Crippen molar-refractivity contribution in [2.24, 2.45) is 5.92 Å². The first-order valence-electron chi connectivity index (χ1n) is 4.92. The van der Waals surface area contributed by atoms with Crippen LogP contribution in [0.4, 0.5) is 5.69 Å². The minimum absolute atomic E-state index is 0.686. The predicted octanol–water partition coefficient (Wildman–Crippen LogP) is 2.74. The van der Waals surface area contributed by atoms with Gasteiger partial charge in [0, 0.05) is 28.3 Å². The average molecular weight is 303 g/mol. The Bertz CT molecular complexity index is 297. The van der Waals surface area contributed by atoms with Crippen LogP contribution in [0, 0.1) is 9.49 Å². The molecule has 1 heterocycles. The van der Waals surface area contributed by atoms with Crippen molar-refractivity contribution in [1.29, 1.82) is 0 Å². The molecule has 14 heavy (non-hydrogen) atoms. The molecule has 2 nitrogen and oxygen atoms in total. The highest BCUT2D eigenvalue weighted by molar-refractivity contribution is 14.1. The van der Waals surface area contributed by atoms with E-state index >= 15 is 0 Å². The summed E-state index contributed by atoms with van der Waals surface area (Å²) in [5.41, 5.74) is 1.24. The number of rotatable bonds is 3. The number of hydrogen-bond donors (Lipinski definition) is 1. The summed E-state index contributed by atoms with van der Waals surface area (Å²) in [6.45, 7) is 2.87. The SMILES string of the molecule is Ic1ccccc1NCC1CCOC1. The van der Waals surface area contributed by atoms with E-state index < -0.39 is 0 Å². The fourth-order valence-electron chi connectivity index (χ4n) is 1.60. The largest absolute Gasteiger partial charge is 0.384 e. The van der Waals surface area contributed by atoms with Crippen molar-refractivity contribution in [1.82, 2.24) is 0 Å². The maximum absolute atomic E-state index is 5.33. The van der Waals surface area contributed by atoms with Crippen molar-refractivity contribution in [2.45, 2.75) is 6.42 Å². The molecule has 1 saturated heterocycles. The fourth-order valence-corrected chi connectivity index (χ4v) is 2.18. The second kappa shape index (κ2) is 4.98. The molecular formula is C11H14INO. The third-order valence-corrected chi connectivity index (χ3v) is 3.42. The summed E-state index contributed by atoms with van der Waals surface area (Å²) >= 11 is 2.35. The van der Waals surface area contributed by atoms with Gasteiger partial charge in [0.25, 0.3) is 0 Å². The van der Waals surface area contributed by atoms with E-state index in [1.807, 2.05) is 0 Å². The van der Waals surface area contributed by atoms with Crippen molar-refractivity contribution in [3.8, 4) is 0 Å². The van der Waals surface area contributed by atoms with Gasteiger partial charge in [-0.25, -0.2) is 0 Å². The van der Waals surface area contributed by atoms with E-state index in [0.717, 1.165) is 19.8 Å². The number of halogens is 1. The second-order valence-electron chi connectivity index (χ2n) is 3.59. The lowest BCUT2D eigenvalue weighted by Gasteiger charge is -2.11. The summed E-state index contributed by atoms with van der Waals surface area (Å²) in [4.78, 5) is 0. The van der Waals surface area contributed by atoms with Crippen LogP contribution in [-0.2, 0) is 4.74 Å². The van der Waals surface area contributed by atoms with Crippen molar-refractivity contribution >= 4 is 28.3 Å². The molecule has 3 heteroatoms. The van der Waals surface area contributed by atoms with Crippen molar-refractivity contribution in [2.75, 3.05) is 25.1 Å². The third kappa shape index (κ3) is 2.60. The normalized spacial score (nSPS) is 21.1. The molecule has 1 N–H and O–H groups in total. The summed E-state index contributed by atoms with van der Waals surface area (Å²) in [6.07, 6.45) is 1.19. The number of para-hydroxylation sites is 1. The Kier molecular flexibility index (Phi) is 3.64. The first-order chi connectivity index (χ1) is 6.86. The average Bonchev–Trinajstić information content (AvgIpc) is 2.69. The molecule has 1 aliphatic rings. The van der Waals surface area contributed by atoms with Gasteiger partial charge in [0.2, 0.25) is 0 Å². The Morgan fingerprint density at radius 2 is 2.29 bits per heavy atom. The molecule has 1 aromatic carbocycles. The molecule has 1 fully saturated rings. The van der Waals surface area contributed by atoms with Crippen LogP contribution in [0.3, 0.4) is 0 Å². The first kappa shape index (κ1) is 10.2. The first-order valence-corrected chi connectivity index (χ1v) is 6.00. The number of benzene rings is 1. The molecule has 0 saturated carbocycles. The van der Waals surface area contributed by atoms with Gasteiger partial charge in [0.1, 0.15) is 0 Å². The Hall–Kier alpha value is -0.290. The number of ether oxygens (including phenoxy) is 1. The van der Waals surface area contributed by atoms with Gasteiger partial charge in [-0.15, -0.1) is 0 Å². The van der Waals surface area contributed by atoms with Crippen LogP contribution >= 0.6 is 22.6 Å². The zero-order valence-corrected chi connectivity index (χ0v) is 10.2. The Morgan fingerprint density at radius 1 is 1.43 bits per heavy atom. The molecule has 0 amide bonds. The van der Waals surface area contributed by atoms with Gasteiger partial charge in [0.05, 0.1) is 6.61 Å². The molecule has 0 radical (unpaired) electrons. The molecule has 1 unspecified atom stereocenters.